The van der Waals surface area contributed by atoms with Gasteiger partial charge in [0, 0.05) is 11.1 Å². The molecule has 0 unspecified atom stereocenters. The predicted molar refractivity (Wildman–Crippen MR) is 113 cm³/mol. The summed E-state index contributed by atoms with van der Waals surface area (Å²) in [7, 11) is -9.74. The number of rotatable bonds is 5. The van der Waals surface area contributed by atoms with E-state index < -0.39 is 83.5 Å². The Hall–Kier alpha value is -0.0800. The van der Waals surface area contributed by atoms with Crippen LogP contribution in [0.2, 0.25) is 30.1 Å². The maximum absolute atomic E-state index is 11.4. The van der Waals surface area contributed by atoms with Crippen LogP contribution in [0.25, 0.3) is 0 Å². The van der Waals surface area contributed by atoms with Gasteiger partial charge < -0.3 is 10.2 Å². The fourth-order valence-corrected chi connectivity index (χ4v) is 6.42. The molecule has 30 heavy (non-hydrogen) atoms. The molecule has 16 heteroatoms. The van der Waals surface area contributed by atoms with Crippen molar-refractivity contribution < 1.29 is 36.2 Å². The number of halogens is 6. The zero-order valence-electron chi connectivity index (χ0n) is 13.9. The Balaban J connectivity index is 2.99. The molecule has 166 valence electrons. The van der Waals surface area contributed by atoms with Crippen molar-refractivity contribution in [2.75, 3.05) is 6.61 Å². The van der Waals surface area contributed by atoms with Crippen molar-refractivity contribution in [2.24, 2.45) is 0 Å². The summed E-state index contributed by atoms with van der Waals surface area (Å²) in [6.45, 7) is -1.23. The lowest BCUT2D eigenvalue weighted by Gasteiger charge is -2.31. The third-order valence-electron chi connectivity index (χ3n) is 3.86. The summed E-state index contributed by atoms with van der Waals surface area (Å²) >= 11 is 35.9. The quantitative estimate of drug-likeness (QED) is 0.302. The molecule has 2 aromatic rings. The highest BCUT2D eigenvalue weighted by molar-refractivity contribution is 7.86. The maximum atomic E-state index is 11.4. The first-order valence-corrected chi connectivity index (χ1v) is 12.3. The molecular weight excluding hydrogens is 573 g/mol. The van der Waals surface area contributed by atoms with E-state index in [0.29, 0.717) is 12.1 Å². The highest BCUT2D eigenvalue weighted by atomic mass is 35.5. The summed E-state index contributed by atoms with van der Waals surface area (Å²) in [6.07, 6.45) is 0. The Labute approximate surface area is 200 Å². The molecule has 4 N–H and O–H groups in total. The molecule has 2 aromatic carbocycles. The summed E-state index contributed by atoms with van der Waals surface area (Å²) < 4.78 is 64.3. The summed E-state index contributed by atoms with van der Waals surface area (Å²) in [5.41, 5.74) is -3.85. The standard InChI is InChI=1S/C14H8Cl6O8S2/c15-4-1-6(29(23,24)25)10(17)12(19)8(4)14(22,3-21)9-5(16)2-7(30(26,27)28)11(18)13(9)20/h1-2,21-22H,3H2,(H,23,24,25)(H,26,27,28). The first-order chi connectivity index (χ1) is 13.5. The van der Waals surface area contributed by atoms with Crippen LogP contribution in [-0.4, -0.2) is 42.8 Å². The Bertz CT molecular complexity index is 1170. The molecule has 8 nitrogen and oxygen atoms in total. The zero-order valence-corrected chi connectivity index (χ0v) is 20.0. The summed E-state index contributed by atoms with van der Waals surface area (Å²) in [4.78, 5) is -1.78. The highest BCUT2D eigenvalue weighted by Crippen LogP contribution is 2.49. The third kappa shape index (κ3) is 4.52. The van der Waals surface area contributed by atoms with E-state index in [4.69, 9.17) is 69.6 Å². The van der Waals surface area contributed by atoms with Gasteiger partial charge in [0.2, 0.25) is 0 Å². The molecule has 2 rings (SSSR count). The van der Waals surface area contributed by atoms with E-state index >= 15 is 0 Å². The molecule has 0 aliphatic carbocycles. The third-order valence-corrected chi connectivity index (χ3v) is 8.17. The van der Waals surface area contributed by atoms with E-state index in [1.54, 1.807) is 0 Å². The number of aliphatic hydroxyl groups excluding tert-OH is 1. The second-order valence-electron chi connectivity index (χ2n) is 5.69. The van der Waals surface area contributed by atoms with Crippen molar-refractivity contribution >= 4 is 89.8 Å². The van der Waals surface area contributed by atoms with Crippen LogP contribution in [0.3, 0.4) is 0 Å². The Kier molecular flexibility index (Phi) is 7.59. The monoisotopic (exact) mass is 578 g/mol. The number of hydrogen-bond donors (Lipinski definition) is 4. The average molecular weight is 581 g/mol. The van der Waals surface area contributed by atoms with Gasteiger partial charge in [0.25, 0.3) is 20.2 Å². The zero-order chi connectivity index (χ0) is 23.4. The Morgan fingerprint density at radius 1 is 0.700 bits per heavy atom. The fourth-order valence-electron chi connectivity index (χ4n) is 2.56. The predicted octanol–water partition coefficient (Wildman–Crippen LogP) is 4.33. The van der Waals surface area contributed by atoms with Gasteiger partial charge in [-0.15, -0.1) is 0 Å². The second-order valence-corrected chi connectivity index (χ2v) is 10.8. The largest absolute Gasteiger partial charge is 0.393 e. The van der Waals surface area contributed by atoms with Gasteiger partial charge in [-0.3, -0.25) is 9.11 Å². The van der Waals surface area contributed by atoms with Gasteiger partial charge in [0.1, 0.15) is 15.4 Å². The van der Waals surface area contributed by atoms with E-state index in [1.807, 2.05) is 0 Å². The van der Waals surface area contributed by atoms with Gasteiger partial charge in [0.15, 0.2) is 0 Å². The first kappa shape index (κ1) is 26.2. The summed E-state index contributed by atoms with van der Waals surface area (Å²) in [5.74, 6) is 0. The minimum absolute atomic E-state index is 0.579. The lowest BCUT2D eigenvalue weighted by atomic mass is 9.86. The minimum Gasteiger partial charge on any atom is -0.393 e. The average Bonchev–Trinajstić information content (AvgIpc) is 2.59. The van der Waals surface area contributed by atoms with Crippen molar-refractivity contribution in [1.82, 2.24) is 0 Å². The van der Waals surface area contributed by atoms with Gasteiger partial charge in [-0.1, -0.05) is 69.6 Å². The van der Waals surface area contributed by atoms with Crippen LogP contribution >= 0.6 is 69.6 Å². The Morgan fingerprint density at radius 3 is 1.23 bits per heavy atom. The SMILES string of the molecule is O=S(=O)(O)c1cc(Cl)c(C(O)(CO)c2c(Cl)cc(S(=O)(=O)O)c(Cl)c2Cl)c(Cl)c1Cl. The molecule has 0 aliphatic heterocycles. The number of hydrogen-bond acceptors (Lipinski definition) is 6. The van der Waals surface area contributed by atoms with Crippen LogP contribution in [0.1, 0.15) is 11.1 Å². The second kappa shape index (κ2) is 8.69. The molecule has 0 heterocycles. The van der Waals surface area contributed by atoms with E-state index in [0.717, 1.165) is 0 Å². The number of aliphatic hydroxyl groups is 2. The molecule has 0 saturated heterocycles. The number of benzene rings is 2. The van der Waals surface area contributed by atoms with Crippen LogP contribution in [-0.2, 0) is 25.8 Å². The van der Waals surface area contributed by atoms with E-state index in [-0.39, 0.29) is 0 Å². The van der Waals surface area contributed by atoms with Crippen LogP contribution in [0.4, 0.5) is 0 Å². The van der Waals surface area contributed by atoms with E-state index in [2.05, 4.69) is 0 Å². The lowest BCUT2D eigenvalue weighted by Crippen LogP contribution is -2.34. The topological polar surface area (TPSA) is 149 Å². The van der Waals surface area contributed by atoms with Crippen molar-refractivity contribution in [3.05, 3.63) is 53.4 Å². The molecule has 0 bridgehead atoms. The van der Waals surface area contributed by atoms with Gasteiger partial charge >= 0.3 is 0 Å². The van der Waals surface area contributed by atoms with Gasteiger partial charge in [-0.2, -0.15) is 16.8 Å². The molecule has 0 atom stereocenters. The van der Waals surface area contributed by atoms with Crippen LogP contribution in [0, 0.1) is 0 Å². The highest BCUT2D eigenvalue weighted by Gasteiger charge is 2.42. The normalized spacial score (nSPS) is 13.0. The Morgan fingerprint density at radius 2 is 1.00 bits per heavy atom. The fraction of sp³-hybridized carbons (Fsp3) is 0.143. The van der Waals surface area contributed by atoms with E-state index in [1.165, 1.54) is 0 Å². The molecule has 0 spiro atoms. The van der Waals surface area contributed by atoms with Crippen molar-refractivity contribution in [3.8, 4) is 0 Å². The minimum atomic E-state index is -4.87. The molecule has 0 amide bonds. The van der Waals surface area contributed by atoms with Crippen LogP contribution < -0.4 is 0 Å². The van der Waals surface area contributed by atoms with Crippen LogP contribution in [0.5, 0.6) is 0 Å². The summed E-state index contributed by atoms with van der Waals surface area (Å²) in [5, 5.41) is 17.0. The van der Waals surface area contributed by atoms with Gasteiger partial charge in [-0.25, -0.2) is 0 Å². The van der Waals surface area contributed by atoms with Gasteiger partial charge in [0.05, 0.1) is 36.7 Å². The first-order valence-electron chi connectivity index (χ1n) is 7.12. The van der Waals surface area contributed by atoms with Gasteiger partial charge in [-0.05, 0) is 12.1 Å². The van der Waals surface area contributed by atoms with Crippen LogP contribution in [0.15, 0.2) is 21.9 Å². The lowest BCUT2D eigenvalue weighted by molar-refractivity contribution is 0.0175. The van der Waals surface area contributed by atoms with Crippen molar-refractivity contribution in [1.29, 1.82) is 0 Å². The molecule has 0 aromatic heterocycles. The molecule has 0 radical (unpaired) electrons. The molecule has 0 saturated carbocycles. The van der Waals surface area contributed by atoms with E-state index in [9.17, 15) is 36.2 Å². The maximum Gasteiger partial charge on any atom is 0.296 e. The molecular formula is C14H8Cl6O8S2. The molecule has 0 fully saturated rings. The summed E-state index contributed by atoms with van der Waals surface area (Å²) in [6, 6.07) is 1.30. The van der Waals surface area contributed by atoms with Crippen molar-refractivity contribution in [2.45, 2.75) is 15.4 Å². The smallest absolute Gasteiger partial charge is 0.296 e. The molecule has 0 aliphatic rings. The van der Waals surface area contributed by atoms with Crippen molar-refractivity contribution in [3.63, 3.8) is 0 Å².